The van der Waals surface area contributed by atoms with Crippen LogP contribution in [0.25, 0.3) is 0 Å². The van der Waals surface area contributed by atoms with Gasteiger partial charge in [0.25, 0.3) is 5.91 Å². The van der Waals surface area contributed by atoms with Gasteiger partial charge in [-0.15, -0.1) is 0 Å². The molecule has 1 amide bonds. The number of nitrogens with one attached hydrogen (secondary N) is 1. The van der Waals surface area contributed by atoms with Crippen molar-refractivity contribution in [1.29, 1.82) is 0 Å². The molecule has 0 aliphatic carbocycles. The molecule has 0 atom stereocenters. The molecule has 1 heterocycles. The van der Waals surface area contributed by atoms with Crippen LogP contribution in [0, 0.1) is 0 Å². The fraction of sp³-hybridized carbons (Fsp3) is 0.143. The molecule has 0 saturated heterocycles. The number of aromatic nitrogens is 1. The Labute approximate surface area is 66.2 Å². The van der Waals surface area contributed by atoms with E-state index in [1.165, 1.54) is 6.20 Å². The lowest BCUT2D eigenvalue weighted by Gasteiger charge is -1.97. The SMILES string of the molecule is [B]c1ccc(C(=O)NC)nc1. The first-order chi connectivity index (χ1) is 5.24. The molecule has 0 unspecified atom stereocenters. The number of amides is 1. The zero-order valence-electron chi connectivity index (χ0n) is 6.16. The van der Waals surface area contributed by atoms with Gasteiger partial charge < -0.3 is 5.32 Å². The number of nitrogens with zero attached hydrogens (tertiary/aromatic N) is 1. The number of rotatable bonds is 1. The van der Waals surface area contributed by atoms with Crippen LogP contribution in [0.3, 0.4) is 0 Å². The molecule has 0 saturated carbocycles. The Bertz CT molecular complexity index is 258. The summed E-state index contributed by atoms with van der Waals surface area (Å²) >= 11 is 0. The Morgan fingerprint density at radius 1 is 1.64 bits per heavy atom. The fourth-order valence-corrected chi connectivity index (χ4v) is 0.668. The maximum absolute atomic E-state index is 10.9. The Hall–Kier alpha value is -1.32. The Morgan fingerprint density at radius 2 is 2.36 bits per heavy atom. The summed E-state index contributed by atoms with van der Waals surface area (Å²) in [6.07, 6.45) is 1.45. The molecule has 3 nitrogen and oxygen atoms in total. The lowest BCUT2D eigenvalue weighted by Crippen LogP contribution is -2.20. The molecule has 4 heteroatoms. The van der Waals surface area contributed by atoms with Gasteiger partial charge in [0.2, 0.25) is 0 Å². The molecule has 11 heavy (non-hydrogen) atoms. The van der Waals surface area contributed by atoms with Gasteiger partial charge in [0.05, 0.1) is 0 Å². The molecule has 54 valence electrons. The van der Waals surface area contributed by atoms with E-state index in [-0.39, 0.29) is 5.91 Å². The highest BCUT2D eigenvalue weighted by Crippen LogP contribution is 1.89. The van der Waals surface area contributed by atoms with E-state index < -0.39 is 0 Å². The number of carbonyl (C=O) groups is 1. The molecule has 1 N–H and O–H groups in total. The first-order valence-corrected chi connectivity index (χ1v) is 3.17. The van der Waals surface area contributed by atoms with Crippen LogP contribution >= 0.6 is 0 Å². The molecular weight excluding hydrogens is 139 g/mol. The number of pyridine rings is 1. The fourth-order valence-electron chi connectivity index (χ4n) is 0.668. The van der Waals surface area contributed by atoms with E-state index in [2.05, 4.69) is 10.3 Å². The first kappa shape index (κ1) is 7.79. The van der Waals surface area contributed by atoms with Gasteiger partial charge in [0.15, 0.2) is 0 Å². The van der Waals surface area contributed by atoms with E-state index in [9.17, 15) is 4.79 Å². The zero-order chi connectivity index (χ0) is 8.27. The zero-order valence-corrected chi connectivity index (χ0v) is 6.16. The highest BCUT2D eigenvalue weighted by atomic mass is 16.1. The van der Waals surface area contributed by atoms with E-state index in [4.69, 9.17) is 7.85 Å². The minimum atomic E-state index is -0.204. The average Bonchev–Trinajstić information content (AvgIpc) is 2.05. The molecule has 0 aliphatic heterocycles. The van der Waals surface area contributed by atoms with E-state index >= 15 is 0 Å². The predicted molar refractivity (Wildman–Crippen MR) is 43.0 cm³/mol. The third-order valence-electron chi connectivity index (χ3n) is 1.25. The van der Waals surface area contributed by atoms with Crippen molar-refractivity contribution in [3.8, 4) is 0 Å². The second kappa shape index (κ2) is 3.19. The lowest BCUT2D eigenvalue weighted by molar-refractivity contribution is 0.0958. The lowest BCUT2D eigenvalue weighted by atomic mass is 9.99. The molecule has 2 radical (unpaired) electrons. The van der Waals surface area contributed by atoms with Crippen LogP contribution in [0.4, 0.5) is 0 Å². The van der Waals surface area contributed by atoms with Crippen LogP contribution in [-0.2, 0) is 0 Å². The van der Waals surface area contributed by atoms with Gasteiger partial charge in [-0.05, 0) is 6.07 Å². The molecule has 0 bridgehead atoms. The Balaban J connectivity index is 2.90. The van der Waals surface area contributed by atoms with Crippen molar-refractivity contribution in [3.05, 3.63) is 24.0 Å². The standard InChI is InChI=1S/C7H7BN2O/c1-9-7(11)6-3-2-5(8)4-10-6/h2-4H,1H3,(H,9,11). The van der Waals surface area contributed by atoms with E-state index in [1.807, 2.05) is 0 Å². The van der Waals surface area contributed by atoms with Crippen molar-refractivity contribution >= 4 is 19.2 Å². The summed E-state index contributed by atoms with van der Waals surface area (Å²) in [5.74, 6) is -0.204. The summed E-state index contributed by atoms with van der Waals surface area (Å²) in [6.45, 7) is 0. The van der Waals surface area contributed by atoms with Crippen molar-refractivity contribution < 1.29 is 4.79 Å². The van der Waals surface area contributed by atoms with Gasteiger partial charge >= 0.3 is 0 Å². The molecule has 0 spiro atoms. The van der Waals surface area contributed by atoms with Crippen LogP contribution in [0.2, 0.25) is 0 Å². The quantitative estimate of drug-likeness (QED) is 0.529. The largest absolute Gasteiger partial charge is 0.354 e. The molecule has 1 aromatic heterocycles. The average molecular weight is 146 g/mol. The summed E-state index contributed by atoms with van der Waals surface area (Å²) in [7, 11) is 6.93. The second-order valence-electron chi connectivity index (χ2n) is 2.06. The number of hydrogen-bond acceptors (Lipinski definition) is 2. The minimum absolute atomic E-state index is 0.204. The predicted octanol–water partition coefficient (Wildman–Crippen LogP) is -0.765. The van der Waals surface area contributed by atoms with Crippen molar-refractivity contribution in [2.24, 2.45) is 0 Å². The summed E-state index contributed by atoms with van der Waals surface area (Å²) in [6, 6.07) is 3.21. The normalized spacial score (nSPS) is 9.18. The number of carbonyl (C=O) groups excluding carboxylic acids is 1. The van der Waals surface area contributed by atoms with Crippen LogP contribution < -0.4 is 10.8 Å². The van der Waals surface area contributed by atoms with Gasteiger partial charge in [-0.2, -0.15) is 0 Å². The third kappa shape index (κ3) is 1.80. The Kier molecular flexibility index (Phi) is 2.26. The molecule has 0 aliphatic rings. The van der Waals surface area contributed by atoms with E-state index in [1.54, 1.807) is 19.2 Å². The Morgan fingerprint density at radius 3 is 2.82 bits per heavy atom. The van der Waals surface area contributed by atoms with Gasteiger partial charge in [-0.3, -0.25) is 9.78 Å². The number of hydrogen-bond donors (Lipinski definition) is 1. The molecule has 0 aromatic carbocycles. The van der Waals surface area contributed by atoms with Crippen molar-refractivity contribution in [2.45, 2.75) is 0 Å². The maximum Gasteiger partial charge on any atom is 0.269 e. The summed E-state index contributed by atoms with van der Waals surface area (Å²) in [5.41, 5.74) is 0.930. The maximum atomic E-state index is 10.9. The highest BCUT2D eigenvalue weighted by molar-refractivity contribution is 6.32. The minimum Gasteiger partial charge on any atom is -0.354 e. The smallest absolute Gasteiger partial charge is 0.269 e. The van der Waals surface area contributed by atoms with Gasteiger partial charge in [0.1, 0.15) is 13.5 Å². The van der Waals surface area contributed by atoms with Crippen LogP contribution in [0.1, 0.15) is 10.5 Å². The summed E-state index contributed by atoms with van der Waals surface area (Å²) in [4.78, 5) is 14.7. The van der Waals surface area contributed by atoms with Gasteiger partial charge in [-0.25, -0.2) is 0 Å². The molecular formula is C7H7BN2O. The van der Waals surface area contributed by atoms with E-state index in [0.717, 1.165) is 0 Å². The van der Waals surface area contributed by atoms with Crippen molar-refractivity contribution in [2.75, 3.05) is 7.05 Å². The molecule has 0 fully saturated rings. The highest BCUT2D eigenvalue weighted by Gasteiger charge is 2.01. The van der Waals surface area contributed by atoms with Crippen LogP contribution in [-0.4, -0.2) is 25.8 Å². The first-order valence-electron chi connectivity index (χ1n) is 3.17. The molecule has 1 aromatic rings. The van der Waals surface area contributed by atoms with Gasteiger partial charge in [0, 0.05) is 13.2 Å². The summed E-state index contributed by atoms with van der Waals surface area (Å²) < 4.78 is 0. The summed E-state index contributed by atoms with van der Waals surface area (Å²) in [5, 5.41) is 2.46. The second-order valence-corrected chi connectivity index (χ2v) is 2.06. The van der Waals surface area contributed by atoms with Crippen LogP contribution in [0.5, 0.6) is 0 Å². The third-order valence-corrected chi connectivity index (χ3v) is 1.25. The van der Waals surface area contributed by atoms with Crippen LogP contribution in [0.15, 0.2) is 18.3 Å². The van der Waals surface area contributed by atoms with Gasteiger partial charge in [-0.1, -0.05) is 11.5 Å². The van der Waals surface area contributed by atoms with E-state index in [0.29, 0.717) is 11.2 Å². The monoisotopic (exact) mass is 146 g/mol. The topological polar surface area (TPSA) is 42.0 Å². The van der Waals surface area contributed by atoms with Crippen molar-refractivity contribution in [3.63, 3.8) is 0 Å². The molecule has 1 rings (SSSR count). The van der Waals surface area contributed by atoms with Crippen molar-refractivity contribution in [1.82, 2.24) is 10.3 Å².